The second kappa shape index (κ2) is 7.91. The van der Waals surface area contributed by atoms with E-state index in [1.807, 2.05) is 30.3 Å². The van der Waals surface area contributed by atoms with Crippen molar-refractivity contribution >= 4 is 21.9 Å². The van der Waals surface area contributed by atoms with E-state index in [4.69, 9.17) is 10.7 Å². The van der Waals surface area contributed by atoms with E-state index in [-0.39, 0.29) is 17.8 Å². The van der Waals surface area contributed by atoms with Crippen LogP contribution in [0, 0.1) is 5.92 Å². The molecule has 2 heterocycles. The van der Waals surface area contributed by atoms with Gasteiger partial charge in [-0.05, 0) is 42.2 Å². The highest BCUT2D eigenvalue weighted by molar-refractivity contribution is 5.79. The third-order valence-corrected chi connectivity index (χ3v) is 5.60. The van der Waals surface area contributed by atoms with Gasteiger partial charge in [-0.15, -0.1) is 0 Å². The van der Waals surface area contributed by atoms with E-state index in [1.54, 1.807) is 10.6 Å². The van der Waals surface area contributed by atoms with Crippen molar-refractivity contribution in [2.24, 2.45) is 18.7 Å². The number of para-hydroxylation sites is 1. The van der Waals surface area contributed by atoms with E-state index in [9.17, 15) is 9.59 Å². The highest BCUT2D eigenvalue weighted by Crippen LogP contribution is 2.21. The van der Waals surface area contributed by atoms with E-state index < -0.39 is 0 Å². The standard InChI is InChI=1S/C23H27N5O2/c1-15(2)10-11-27-20-9-8-16(13-24)12-18(20)25-21(27)14-28-19-7-5-4-6-17(19)22(29)26(3)23(28)30/h4-9,12,15H,10-11,13-14,24H2,1-3H3. The molecule has 156 valence electrons. The Morgan fingerprint density at radius 1 is 1.03 bits per heavy atom. The van der Waals surface area contributed by atoms with Crippen molar-refractivity contribution in [2.45, 2.75) is 39.9 Å². The first-order valence-corrected chi connectivity index (χ1v) is 10.3. The fourth-order valence-corrected chi connectivity index (χ4v) is 3.85. The topological polar surface area (TPSA) is 87.8 Å². The third kappa shape index (κ3) is 3.45. The Morgan fingerprint density at radius 3 is 2.53 bits per heavy atom. The van der Waals surface area contributed by atoms with Crippen LogP contribution in [0.5, 0.6) is 0 Å². The second-order valence-electron chi connectivity index (χ2n) is 8.14. The molecular weight excluding hydrogens is 378 g/mol. The first-order chi connectivity index (χ1) is 14.4. The minimum Gasteiger partial charge on any atom is -0.326 e. The number of fused-ring (bicyclic) bond motifs is 2. The van der Waals surface area contributed by atoms with Gasteiger partial charge in [-0.2, -0.15) is 0 Å². The van der Waals surface area contributed by atoms with Crippen molar-refractivity contribution in [3.8, 4) is 0 Å². The SMILES string of the molecule is CC(C)CCn1c(Cn2c(=O)n(C)c(=O)c3ccccc32)nc2cc(CN)ccc21. The number of aromatic nitrogens is 4. The summed E-state index contributed by atoms with van der Waals surface area (Å²) in [5, 5.41) is 0.523. The minimum atomic E-state index is -0.344. The van der Waals surface area contributed by atoms with Crippen molar-refractivity contribution in [3.63, 3.8) is 0 Å². The van der Waals surface area contributed by atoms with E-state index in [1.165, 1.54) is 7.05 Å². The van der Waals surface area contributed by atoms with Crippen LogP contribution in [0.15, 0.2) is 52.1 Å². The fraction of sp³-hybridized carbons (Fsp3) is 0.348. The molecule has 7 heteroatoms. The molecule has 2 aromatic carbocycles. The molecule has 7 nitrogen and oxygen atoms in total. The number of hydrogen-bond donors (Lipinski definition) is 1. The van der Waals surface area contributed by atoms with Crippen LogP contribution in [0.4, 0.5) is 0 Å². The smallest absolute Gasteiger partial charge is 0.326 e. The van der Waals surface area contributed by atoms with Gasteiger partial charge in [0.15, 0.2) is 0 Å². The molecule has 4 rings (SSSR count). The molecular formula is C23H27N5O2. The number of aryl methyl sites for hydroxylation is 1. The summed E-state index contributed by atoms with van der Waals surface area (Å²) >= 11 is 0. The summed E-state index contributed by atoms with van der Waals surface area (Å²) in [6.45, 7) is 5.93. The first-order valence-electron chi connectivity index (χ1n) is 10.3. The third-order valence-electron chi connectivity index (χ3n) is 5.60. The van der Waals surface area contributed by atoms with Crippen molar-refractivity contribution < 1.29 is 0 Å². The normalized spacial score (nSPS) is 11.8. The molecule has 0 bridgehead atoms. The number of rotatable bonds is 6. The van der Waals surface area contributed by atoms with Crippen LogP contribution in [0.3, 0.4) is 0 Å². The van der Waals surface area contributed by atoms with Crippen molar-refractivity contribution in [1.82, 2.24) is 18.7 Å². The maximum absolute atomic E-state index is 13.0. The molecule has 0 unspecified atom stereocenters. The maximum Gasteiger partial charge on any atom is 0.331 e. The molecule has 0 radical (unpaired) electrons. The molecule has 0 aliphatic rings. The average Bonchev–Trinajstić information content (AvgIpc) is 3.09. The van der Waals surface area contributed by atoms with Crippen LogP contribution in [0.25, 0.3) is 21.9 Å². The largest absolute Gasteiger partial charge is 0.331 e. The average molecular weight is 406 g/mol. The molecule has 0 saturated carbocycles. The lowest BCUT2D eigenvalue weighted by Gasteiger charge is -2.14. The summed E-state index contributed by atoms with van der Waals surface area (Å²) < 4.78 is 4.98. The van der Waals surface area contributed by atoms with Gasteiger partial charge in [0, 0.05) is 20.1 Å². The summed E-state index contributed by atoms with van der Waals surface area (Å²) in [5.41, 5.74) is 8.73. The Kier molecular flexibility index (Phi) is 5.30. The summed E-state index contributed by atoms with van der Waals surface area (Å²) in [6.07, 6.45) is 1.00. The Balaban J connectivity index is 1.91. The molecule has 2 aromatic heterocycles. The Morgan fingerprint density at radius 2 is 1.80 bits per heavy atom. The molecule has 0 spiro atoms. The van der Waals surface area contributed by atoms with Gasteiger partial charge in [0.2, 0.25) is 0 Å². The highest BCUT2D eigenvalue weighted by Gasteiger charge is 2.16. The molecule has 0 fully saturated rings. The van der Waals surface area contributed by atoms with Gasteiger partial charge < -0.3 is 10.3 Å². The molecule has 4 aromatic rings. The van der Waals surface area contributed by atoms with Gasteiger partial charge in [0.1, 0.15) is 5.82 Å². The predicted molar refractivity (Wildman–Crippen MR) is 120 cm³/mol. The first kappa shape index (κ1) is 20.1. The van der Waals surface area contributed by atoms with E-state index in [0.717, 1.165) is 40.0 Å². The van der Waals surface area contributed by atoms with Gasteiger partial charge in [-0.3, -0.25) is 13.9 Å². The molecule has 2 N–H and O–H groups in total. The maximum atomic E-state index is 13.0. The van der Waals surface area contributed by atoms with Crippen LogP contribution in [0.1, 0.15) is 31.7 Å². The number of nitrogens with zero attached hydrogens (tertiary/aromatic N) is 4. The highest BCUT2D eigenvalue weighted by atomic mass is 16.2. The molecule has 0 aliphatic heterocycles. The number of nitrogens with two attached hydrogens (primary N) is 1. The fourth-order valence-electron chi connectivity index (χ4n) is 3.85. The van der Waals surface area contributed by atoms with Crippen molar-refractivity contribution in [3.05, 3.63) is 74.7 Å². The summed E-state index contributed by atoms with van der Waals surface area (Å²) in [6, 6.07) is 13.3. The zero-order chi connectivity index (χ0) is 21.4. The number of imidazole rings is 1. The number of benzene rings is 2. The van der Waals surface area contributed by atoms with Gasteiger partial charge in [0.25, 0.3) is 5.56 Å². The molecule has 0 atom stereocenters. The zero-order valence-corrected chi connectivity index (χ0v) is 17.6. The summed E-state index contributed by atoms with van der Waals surface area (Å²) in [5.74, 6) is 1.34. The minimum absolute atomic E-state index is 0.284. The lowest BCUT2D eigenvalue weighted by Crippen LogP contribution is -2.38. The Labute approximate surface area is 174 Å². The van der Waals surface area contributed by atoms with Crippen LogP contribution in [0.2, 0.25) is 0 Å². The molecule has 0 amide bonds. The van der Waals surface area contributed by atoms with Gasteiger partial charge in [-0.1, -0.05) is 32.0 Å². The molecule has 30 heavy (non-hydrogen) atoms. The van der Waals surface area contributed by atoms with Crippen molar-refractivity contribution in [1.29, 1.82) is 0 Å². The lowest BCUT2D eigenvalue weighted by atomic mass is 10.1. The Hall–Kier alpha value is -3.19. The van der Waals surface area contributed by atoms with Crippen LogP contribution < -0.4 is 17.0 Å². The summed E-state index contributed by atoms with van der Waals surface area (Å²) in [7, 11) is 1.52. The van der Waals surface area contributed by atoms with Crippen LogP contribution in [-0.2, 0) is 26.7 Å². The van der Waals surface area contributed by atoms with Gasteiger partial charge in [0.05, 0.1) is 28.5 Å². The molecule has 0 aliphatic carbocycles. The van der Waals surface area contributed by atoms with Crippen LogP contribution in [-0.4, -0.2) is 18.7 Å². The number of hydrogen-bond acceptors (Lipinski definition) is 4. The predicted octanol–water partition coefficient (Wildman–Crippen LogP) is 2.60. The van der Waals surface area contributed by atoms with E-state index in [0.29, 0.717) is 23.4 Å². The molecule has 0 saturated heterocycles. The van der Waals surface area contributed by atoms with E-state index in [2.05, 4.69) is 24.5 Å². The zero-order valence-electron chi connectivity index (χ0n) is 17.6. The Bertz CT molecular complexity index is 1340. The lowest BCUT2D eigenvalue weighted by molar-refractivity contribution is 0.505. The quantitative estimate of drug-likeness (QED) is 0.534. The monoisotopic (exact) mass is 405 g/mol. The van der Waals surface area contributed by atoms with E-state index >= 15 is 0 Å². The van der Waals surface area contributed by atoms with Crippen LogP contribution >= 0.6 is 0 Å². The second-order valence-corrected chi connectivity index (χ2v) is 8.14. The van der Waals surface area contributed by atoms with Crippen molar-refractivity contribution in [2.75, 3.05) is 0 Å². The van der Waals surface area contributed by atoms with Gasteiger partial charge >= 0.3 is 5.69 Å². The van der Waals surface area contributed by atoms with Gasteiger partial charge in [-0.25, -0.2) is 9.78 Å². The summed E-state index contributed by atoms with van der Waals surface area (Å²) in [4.78, 5) is 30.4.